The van der Waals surface area contributed by atoms with Gasteiger partial charge in [0.15, 0.2) is 0 Å². The van der Waals surface area contributed by atoms with E-state index in [4.69, 9.17) is 0 Å². The highest BCUT2D eigenvalue weighted by molar-refractivity contribution is 5.92. The maximum atomic E-state index is 12.8. The molecule has 2 aliphatic rings. The van der Waals surface area contributed by atoms with Crippen molar-refractivity contribution in [2.45, 2.75) is 82.8 Å². The van der Waals surface area contributed by atoms with Gasteiger partial charge in [-0.05, 0) is 45.6 Å². The highest BCUT2D eigenvalue weighted by Gasteiger charge is 2.41. The van der Waals surface area contributed by atoms with Crippen LogP contribution in [0.4, 0.5) is 0 Å². The number of likely N-dealkylation sites (N-methyl/N-ethyl adjacent to an activating group) is 1. The molecule has 0 aromatic carbocycles. The lowest BCUT2D eigenvalue weighted by atomic mass is 9.91. The van der Waals surface area contributed by atoms with Gasteiger partial charge in [0, 0.05) is 13.1 Å². The third-order valence-corrected chi connectivity index (χ3v) is 5.55. The smallest absolute Gasteiger partial charge is 0.245 e. The molecule has 1 heterocycles. The van der Waals surface area contributed by atoms with Crippen LogP contribution in [0.5, 0.6) is 0 Å². The Balaban J connectivity index is 2.01. The van der Waals surface area contributed by atoms with Gasteiger partial charge in [0.1, 0.15) is 5.54 Å². The maximum absolute atomic E-state index is 12.8. The third kappa shape index (κ3) is 3.62. The van der Waals surface area contributed by atoms with Crippen LogP contribution in [-0.4, -0.2) is 47.9 Å². The monoisotopic (exact) mass is 309 g/mol. The Morgan fingerprint density at radius 2 is 1.86 bits per heavy atom. The first kappa shape index (κ1) is 17.3. The van der Waals surface area contributed by atoms with E-state index < -0.39 is 5.54 Å². The van der Waals surface area contributed by atoms with E-state index in [0.717, 1.165) is 32.2 Å². The van der Waals surface area contributed by atoms with Crippen molar-refractivity contribution in [2.24, 2.45) is 0 Å². The zero-order valence-electron chi connectivity index (χ0n) is 14.3. The van der Waals surface area contributed by atoms with Crippen LogP contribution in [0.15, 0.2) is 0 Å². The Morgan fingerprint density at radius 1 is 1.18 bits per heavy atom. The molecule has 0 spiro atoms. The van der Waals surface area contributed by atoms with Crippen molar-refractivity contribution in [3.8, 4) is 0 Å². The first-order valence-corrected chi connectivity index (χ1v) is 8.81. The van der Waals surface area contributed by atoms with E-state index in [1.54, 1.807) is 11.9 Å². The van der Waals surface area contributed by atoms with E-state index in [-0.39, 0.29) is 23.9 Å². The average molecular weight is 309 g/mol. The summed E-state index contributed by atoms with van der Waals surface area (Å²) >= 11 is 0. The lowest BCUT2D eigenvalue weighted by Gasteiger charge is -2.39. The predicted molar refractivity (Wildman–Crippen MR) is 87.5 cm³/mol. The van der Waals surface area contributed by atoms with Crippen LogP contribution in [0.2, 0.25) is 0 Å². The number of hydrogen-bond acceptors (Lipinski definition) is 3. The van der Waals surface area contributed by atoms with Gasteiger partial charge in [-0.15, -0.1) is 0 Å². The van der Waals surface area contributed by atoms with Crippen molar-refractivity contribution in [1.82, 2.24) is 15.5 Å². The minimum Gasteiger partial charge on any atom is -0.351 e. The number of rotatable bonds is 5. The predicted octanol–water partition coefficient (Wildman–Crippen LogP) is 1.81. The molecule has 126 valence electrons. The molecule has 0 bridgehead atoms. The van der Waals surface area contributed by atoms with Crippen molar-refractivity contribution < 1.29 is 9.59 Å². The van der Waals surface area contributed by atoms with Gasteiger partial charge >= 0.3 is 0 Å². The second-order valence-corrected chi connectivity index (χ2v) is 6.98. The zero-order valence-corrected chi connectivity index (χ0v) is 14.3. The lowest BCUT2D eigenvalue weighted by molar-refractivity contribution is -0.147. The fraction of sp³-hybridized carbons (Fsp3) is 0.882. The van der Waals surface area contributed by atoms with E-state index in [9.17, 15) is 9.59 Å². The van der Waals surface area contributed by atoms with Crippen LogP contribution < -0.4 is 10.6 Å². The number of carbonyl (C=O) groups excluding carboxylic acids is 2. The molecule has 1 saturated heterocycles. The fourth-order valence-corrected chi connectivity index (χ4v) is 3.51. The third-order valence-electron chi connectivity index (χ3n) is 5.55. The summed E-state index contributed by atoms with van der Waals surface area (Å²) in [6.07, 6.45) is 8.29. The van der Waals surface area contributed by atoms with Crippen LogP contribution in [0.25, 0.3) is 0 Å². The molecule has 0 aromatic heterocycles. The van der Waals surface area contributed by atoms with Crippen LogP contribution >= 0.6 is 0 Å². The Bertz CT molecular complexity index is 401. The van der Waals surface area contributed by atoms with Crippen molar-refractivity contribution in [3.05, 3.63) is 0 Å². The second-order valence-electron chi connectivity index (χ2n) is 6.98. The largest absolute Gasteiger partial charge is 0.351 e. The quantitative estimate of drug-likeness (QED) is 0.814. The van der Waals surface area contributed by atoms with Crippen LogP contribution in [-0.2, 0) is 9.59 Å². The van der Waals surface area contributed by atoms with Crippen molar-refractivity contribution in [2.75, 3.05) is 13.6 Å². The van der Waals surface area contributed by atoms with E-state index in [2.05, 4.69) is 10.6 Å². The molecule has 5 heteroatoms. The normalized spacial score (nSPS) is 25.5. The Kier molecular flexibility index (Phi) is 5.84. The molecule has 2 unspecified atom stereocenters. The van der Waals surface area contributed by atoms with Gasteiger partial charge in [-0.1, -0.05) is 26.2 Å². The molecule has 22 heavy (non-hydrogen) atoms. The van der Waals surface area contributed by atoms with Gasteiger partial charge in [-0.2, -0.15) is 0 Å². The zero-order chi connectivity index (χ0) is 16.2. The summed E-state index contributed by atoms with van der Waals surface area (Å²) in [5, 5.41) is 6.41. The molecule has 1 aliphatic carbocycles. The molecule has 0 radical (unpaired) electrons. The summed E-state index contributed by atoms with van der Waals surface area (Å²) in [4.78, 5) is 27.1. The van der Waals surface area contributed by atoms with E-state index in [1.165, 1.54) is 19.3 Å². The lowest BCUT2D eigenvalue weighted by Crippen LogP contribution is -2.61. The van der Waals surface area contributed by atoms with Gasteiger partial charge in [0.25, 0.3) is 0 Å². The summed E-state index contributed by atoms with van der Waals surface area (Å²) in [5.41, 5.74) is -0.765. The molecule has 2 N–H and O–H groups in total. The number of nitrogens with one attached hydrogen (secondary N) is 2. The summed E-state index contributed by atoms with van der Waals surface area (Å²) in [5.74, 6) is 0.0383. The molecule has 2 rings (SSSR count). The van der Waals surface area contributed by atoms with Gasteiger partial charge < -0.3 is 15.5 Å². The Labute approximate surface area is 134 Å². The molecule has 2 atom stereocenters. The molecular weight excluding hydrogens is 278 g/mol. The molecule has 5 nitrogen and oxygen atoms in total. The fourth-order valence-electron chi connectivity index (χ4n) is 3.51. The van der Waals surface area contributed by atoms with Gasteiger partial charge in [0.05, 0.1) is 6.04 Å². The molecule has 1 saturated carbocycles. The van der Waals surface area contributed by atoms with E-state index in [0.29, 0.717) is 6.42 Å². The average Bonchev–Trinajstić information content (AvgIpc) is 3.08. The molecule has 2 amide bonds. The minimum atomic E-state index is -0.765. The standard InChI is InChI=1S/C17H31N3O2/c1-4-17(2,16(22)19-13-9-6-5-7-10-13)20(3)15(21)14-11-8-12-18-14/h13-14,18H,4-12H2,1-3H3,(H,19,22). The molecule has 1 aliphatic heterocycles. The van der Waals surface area contributed by atoms with Crippen molar-refractivity contribution in [3.63, 3.8) is 0 Å². The number of amides is 2. The first-order chi connectivity index (χ1) is 10.5. The highest BCUT2D eigenvalue weighted by Crippen LogP contribution is 2.23. The molecule has 0 aromatic rings. The summed E-state index contributed by atoms with van der Waals surface area (Å²) < 4.78 is 0. The van der Waals surface area contributed by atoms with Crippen LogP contribution in [0, 0.1) is 0 Å². The number of carbonyl (C=O) groups is 2. The number of nitrogens with zero attached hydrogens (tertiary/aromatic N) is 1. The van der Waals surface area contributed by atoms with Crippen LogP contribution in [0.3, 0.4) is 0 Å². The Morgan fingerprint density at radius 3 is 2.41 bits per heavy atom. The SMILES string of the molecule is CCC(C)(C(=O)NC1CCCCC1)N(C)C(=O)C1CCCN1. The maximum Gasteiger partial charge on any atom is 0.245 e. The van der Waals surface area contributed by atoms with Gasteiger partial charge in [-0.3, -0.25) is 9.59 Å². The number of hydrogen-bond donors (Lipinski definition) is 2. The Hall–Kier alpha value is -1.10. The molecular formula is C17H31N3O2. The van der Waals surface area contributed by atoms with Crippen molar-refractivity contribution >= 4 is 11.8 Å². The summed E-state index contributed by atoms with van der Waals surface area (Å²) in [6.45, 7) is 4.76. The van der Waals surface area contributed by atoms with Gasteiger partial charge in [0.2, 0.25) is 11.8 Å². The summed E-state index contributed by atoms with van der Waals surface area (Å²) in [7, 11) is 1.77. The highest BCUT2D eigenvalue weighted by atomic mass is 16.2. The first-order valence-electron chi connectivity index (χ1n) is 8.81. The van der Waals surface area contributed by atoms with Crippen LogP contribution in [0.1, 0.15) is 65.2 Å². The topological polar surface area (TPSA) is 61.4 Å². The minimum absolute atomic E-state index is 0.00394. The van der Waals surface area contributed by atoms with Gasteiger partial charge in [-0.25, -0.2) is 0 Å². The molecule has 2 fully saturated rings. The summed E-state index contributed by atoms with van der Waals surface area (Å²) in [6, 6.07) is 0.151. The van der Waals surface area contributed by atoms with E-state index in [1.807, 2.05) is 13.8 Å². The van der Waals surface area contributed by atoms with E-state index >= 15 is 0 Å². The second kappa shape index (κ2) is 7.44. The van der Waals surface area contributed by atoms with Crippen molar-refractivity contribution in [1.29, 1.82) is 0 Å².